The second-order valence-electron chi connectivity index (χ2n) is 7.57. The number of likely N-dealkylation sites (N-methyl/N-ethyl adjacent to an activating group) is 1. The number of nitrogens with zero attached hydrogens (tertiary/aromatic N) is 1. The Hall–Kier alpha value is -2.11. The summed E-state index contributed by atoms with van der Waals surface area (Å²) in [5.41, 5.74) is 3.50. The lowest BCUT2D eigenvalue weighted by Gasteiger charge is -2.33. The number of hydrogen-bond acceptors (Lipinski definition) is 4. The molecule has 27 heavy (non-hydrogen) atoms. The van der Waals surface area contributed by atoms with Crippen LogP contribution in [0, 0.1) is 5.82 Å². The van der Waals surface area contributed by atoms with Crippen LogP contribution in [0.2, 0.25) is 0 Å². The standard InChI is InChI=1S/C22H27FN2O2/c1-25-13-16-11-18(27-17-7-9-24-10-8-17)4-5-19(16)20(14-25)15-3-6-22(26-2)21(23)12-15/h3-6,11-12,17,20,24H,7-10,13-14H2,1-2H3. The number of ether oxygens (including phenoxy) is 2. The van der Waals surface area contributed by atoms with E-state index in [1.165, 1.54) is 18.2 Å². The van der Waals surface area contributed by atoms with E-state index in [9.17, 15) is 4.39 Å². The zero-order valence-corrected chi connectivity index (χ0v) is 16.0. The van der Waals surface area contributed by atoms with Gasteiger partial charge in [-0.3, -0.25) is 0 Å². The first kappa shape index (κ1) is 18.3. The third-order valence-corrected chi connectivity index (χ3v) is 5.59. The minimum Gasteiger partial charge on any atom is -0.494 e. The van der Waals surface area contributed by atoms with Crippen molar-refractivity contribution in [3.63, 3.8) is 0 Å². The molecule has 4 nitrogen and oxygen atoms in total. The van der Waals surface area contributed by atoms with Crippen LogP contribution in [-0.2, 0) is 6.54 Å². The first-order chi connectivity index (χ1) is 13.1. The molecule has 1 atom stereocenters. The van der Waals surface area contributed by atoms with Gasteiger partial charge in [0.05, 0.1) is 7.11 Å². The predicted octanol–water partition coefficient (Wildman–Crippen LogP) is 3.54. The van der Waals surface area contributed by atoms with E-state index in [2.05, 4.69) is 35.5 Å². The third-order valence-electron chi connectivity index (χ3n) is 5.59. The van der Waals surface area contributed by atoms with Crippen LogP contribution in [0.15, 0.2) is 36.4 Å². The SMILES string of the molecule is COc1ccc(C2CN(C)Cc3cc(OC4CCNCC4)ccc32)cc1F. The molecule has 0 spiro atoms. The third kappa shape index (κ3) is 3.94. The van der Waals surface area contributed by atoms with Gasteiger partial charge in [-0.15, -0.1) is 0 Å². The van der Waals surface area contributed by atoms with Crippen LogP contribution < -0.4 is 14.8 Å². The van der Waals surface area contributed by atoms with E-state index in [0.717, 1.165) is 50.3 Å². The first-order valence-corrected chi connectivity index (χ1v) is 9.66. The van der Waals surface area contributed by atoms with Crippen molar-refractivity contribution >= 4 is 0 Å². The molecule has 144 valence electrons. The summed E-state index contributed by atoms with van der Waals surface area (Å²) in [5, 5.41) is 3.37. The van der Waals surface area contributed by atoms with Crippen LogP contribution in [-0.4, -0.2) is 44.8 Å². The molecule has 0 amide bonds. The summed E-state index contributed by atoms with van der Waals surface area (Å²) in [6.45, 7) is 3.79. The van der Waals surface area contributed by atoms with Crippen molar-refractivity contribution in [1.82, 2.24) is 10.2 Å². The Morgan fingerprint density at radius 2 is 1.93 bits per heavy atom. The molecular formula is C22H27FN2O2. The fourth-order valence-electron chi connectivity index (χ4n) is 4.19. The topological polar surface area (TPSA) is 33.7 Å². The Morgan fingerprint density at radius 1 is 1.11 bits per heavy atom. The number of nitrogens with one attached hydrogen (secondary N) is 1. The molecule has 1 unspecified atom stereocenters. The van der Waals surface area contributed by atoms with Crippen LogP contribution >= 0.6 is 0 Å². The minimum atomic E-state index is -0.310. The van der Waals surface area contributed by atoms with Gasteiger partial charge in [0, 0.05) is 19.0 Å². The van der Waals surface area contributed by atoms with E-state index < -0.39 is 0 Å². The Morgan fingerprint density at radius 3 is 2.67 bits per heavy atom. The molecule has 2 heterocycles. The van der Waals surface area contributed by atoms with Crippen molar-refractivity contribution in [2.45, 2.75) is 31.4 Å². The number of halogens is 1. The van der Waals surface area contributed by atoms with Crippen molar-refractivity contribution in [3.8, 4) is 11.5 Å². The molecule has 0 saturated carbocycles. The highest BCUT2D eigenvalue weighted by Crippen LogP contribution is 2.36. The van der Waals surface area contributed by atoms with Crippen molar-refractivity contribution < 1.29 is 13.9 Å². The zero-order chi connectivity index (χ0) is 18.8. The van der Waals surface area contributed by atoms with Crippen molar-refractivity contribution in [3.05, 3.63) is 58.9 Å². The molecule has 2 aliphatic rings. The number of piperidine rings is 1. The van der Waals surface area contributed by atoms with Gasteiger partial charge in [-0.05, 0) is 73.9 Å². The second kappa shape index (κ2) is 7.87. The maximum absolute atomic E-state index is 14.2. The molecule has 0 bridgehead atoms. The van der Waals surface area contributed by atoms with Gasteiger partial charge in [-0.2, -0.15) is 0 Å². The normalized spacial score (nSPS) is 20.9. The van der Waals surface area contributed by atoms with Crippen LogP contribution in [0.1, 0.15) is 35.4 Å². The maximum atomic E-state index is 14.2. The van der Waals surface area contributed by atoms with Gasteiger partial charge in [-0.1, -0.05) is 12.1 Å². The quantitative estimate of drug-likeness (QED) is 0.893. The van der Waals surface area contributed by atoms with Gasteiger partial charge in [0.15, 0.2) is 11.6 Å². The fourth-order valence-corrected chi connectivity index (χ4v) is 4.19. The first-order valence-electron chi connectivity index (χ1n) is 9.66. The molecule has 2 aliphatic heterocycles. The predicted molar refractivity (Wildman–Crippen MR) is 104 cm³/mol. The van der Waals surface area contributed by atoms with Crippen LogP contribution in [0.5, 0.6) is 11.5 Å². The lowest BCUT2D eigenvalue weighted by molar-refractivity contribution is 0.162. The van der Waals surface area contributed by atoms with Crippen molar-refractivity contribution in [1.29, 1.82) is 0 Å². The second-order valence-corrected chi connectivity index (χ2v) is 7.57. The molecule has 1 fully saturated rings. The summed E-state index contributed by atoms with van der Waals surface area (Å²) < 4.78 is 25.5. The van der Waals surface area contributed by atoms with E-state index in [1.54, 1.807) is 12.1 Å². The van der Waals surface area contributed by atoms with Gasteiger partial charge in [-0.25, -0.2) is 4.39 Å². The maximum Gasteiger partial charge on any atom is 0.165 e. The van der Waals surface area contributed by atoms with Crippen LogP contribution in [0.4, 0.5) is 4.39 Å². The van der Waals surface area contributed by atoms with Gasteiger partial charge >= 0.3 is 0 Å². The van der Waals surface area contributed by atoms with E-state index in [1.807, 2.05) is 6.07 Å². The van der Waals surface area contributed by atoms with Gasteiger partial charge in [0.25, 0.3) is 0 Å². The Bertz CT molecular complexity index is 805. The summed E-state index contributed by atoms with van der Waals surface area (Å²) in [7, 11) is 3.60. The summed E-state index contributed by atoms with van der Waals surface area (Å²) in [4.78, 5) is 2.28. The molecule has 5 heteroatoms. The monoisotopic (exact) mass is 370 g/mol. The Balaban J connectivity index is 1.60. The van der Waals surface area contributed by atoms with Crippen molar-refractivity contribution in [2.24, 2.45) is 0 Å². The largest absolute Gasteiger partial charge is 0.494 e. The fraction of sp³-hybridized carbons (Fsp3) is 0.455. The molecule has 1 saturated heterocycles. The van der Waals surface area contributed by atoms with E-state index >= 15 is 0 Å². The number of fused-ring (bicyclic) bond motifs is 1. The smallest absolute Gasteiger partial charge is 0.165 e. The molecule has 1 N–H and O–H groups in total. The van der Waals surface area contributed by atoms with Gasteiger partial charge < -0.3 is 19.7 Å². The van der Waals surface area contributed by atoms with Crippen LogP contribution in [0.25, 0.3) is 0 Å². The highest BCUT2D eigenvalue weighted by Gasteiger charge is 2.26. The van der Waals surface area contributed by atoms with E-state index in [0.29, 0.717) is 0 Å². The average Bonchev–Trinajstić information content (AvgIpc) is 2.68. The van der Waals surface area contributed by atoms with Crippen LogP contribution in [0.3, 0.4) is 0 Å². The van der Waals surface area contributed by atoms with Gasteiger partial charge in [0.1, 0.15) is 11.9 Å². The number of benzene rings is 2. The number of hydrogen-bond donors (Lipinski definition) is 1. The van der Waals surface area contributed by atoms with Gasteiger partial charge in [0.2, 0.25) is 0 Å². The molecule has 4 rings (SSSR count). The molecule has 0 aromatic heterocycles. The lowest BCUT2D eigenvalue weighted by atomic mass is 9.84. The highest BCUT2D eigenvalue weighted by molar-refractivity contribution is 5.45. The van der Waals surface area contributed by atoms with E-state index in [4.69, 9.17) is 9.47 Å². The molecule has 0 radical (unpaired) electrons. The summed E-state index contributed by atoms with van der Waals surface area (Å²) in [6, 6.07) is 11.7. The van der Waals surface area contributed by atoms with Crippen molar-refractivity contribution in [2.75, 3.05) is 33.8 Å². The highest BCUT2D eigenvalue weighted by atomic mass is 19.1. The molecule has 2 aromatic carbocycles. The molecule has 2 aromatic rings. The van der Waals surface area contributed by atoms with E-state index in [-0.39, 0.29) is 23.6 Å². The number of rotatable bonds is 4. The Labute approximate surface area is 160 Å². The minimum absolute atomic E-state index is 0.145. The number of methoxy groups -OCH3 is 1. The molecular weight excluding hydrogens is 343 g/mol. The summed E-state index contributed by atoms with van der Waals surface area (Å²) in [5.74, 6) is 1.06. The molecule has 0 aliphatic carbocycles. The summed E-state index contributed by atoms with van der Waals surface area (Å²) >= 11 is 0. The lowest BCUT2D eigenvalue weighted by Crippen LogP contribution is -2.34. The summed E-state index contributed by atoms with van der Waals surface area (Å²) in [6.07, 6.45) is 2.38. The average molecular weight is 370 g/mol. The zero-order valence-electron chi connectivity index (χ0n) is 16.0. The Kier molecular flexibility index (Phi) is 5.32.